The van der Waals surface area contributed by atoms with Crippen LogP contribution in [0.2, 0.25) is 10.0 Å². The van der Waals surface area contributed by atoms with Crippen LogP contribution in [0.25, 0.3) is 0 Å². The number of rotatable bonds is 2. The topological polar surface area (TPSA) is 75.4 Å². The summed E-state index contributed by atoms with van der Waals surface area (Å²) in [4.78, 5) is 24.8. The maximum atomic E-state index is 13.3. The Hall–Kier alpha value is -1.53. The van der Waals surface area contributed by atoms with Gasteiger partial charge in [-0.2, -0.15) is 0 Å². The molecule has 0 aliphatic carbocycles. The SMILES string of the molecule is NC(=O)[C@H]1CCCN(C(=O)Nc2cc(Cl)c(F)c(Cl)c2)C1. The number of hydrogen-bond donors (Lipinski definition) is 2. The second kappa shape index (κ2) is 6.49. The van der Waals surface area contributed by atoms with Crippen molar-refractivity contribution in [1.82, 2.24) is 4.90 Å². The van der Waals surface area contributed by atoms with Gasteiger partial charge in [-0.1, -0.05) is 23.2 Å². The molecule has 0 bridgehead atoms. The molecule has 114 valence electrons. The van der Waals surface area contributed by atoms with Gasteiger partial charge in [0.05, 0.1) is 16.0 Å². The molecular formula is C13H14Cl2FN3O2. The van der Waals surface area contributed by atoms with Crippen molar-refractivity contribution in [1.29, 1.82) is 0 Å². The van der Waals surface area contributed by atoms with Gasteiger partial charge in [-0.25, -0.2) is 9.18 Å². The number of piperidine rings is 1. The smallest absolute Gasteiger partial charge is 0.321 e. The molecule has 1 aromatic carbocycles. The van der Waals surface area contributed by atoms with Crippen LogP contribution in [0.1, 0.15) is 12.8 Å². The summed E-state index contributed by atoms with van der Waals surface area (Å²) in [6.45, 7) is 0.794. The molecule has 1 aromatic rings. The first kappa shape index (κ1) is 15.9. The Morgan fingerprint density at radius 1 is 1.33 bits per heavy atom. The number of primary amides is 1. The standard InChI is InChI=1S/C13H14Cl2FN3O2/c14-9-4-8(5-10(15)11(9)16)18-13(21)19-3-1-2-7(6-19)12(17)20/h4-5,7H,1-3,6H2,(H2,17,20)(H,18,21)/t7-/m0/s1. The molecule has 1 saturated heterocycles. The highest BCUT2D eigenvalue weighted by molar-refractivity contribution is 6.35. The number of amides is 3. The van der Waals surface area contributed by atoms with Crippen molar-refractivity contribution in [2.75, 3.05) is 18.4 Å². The molecule has 3 N–H and O–H groups in total. The lowest BCUT2D eigenvalue weighted by Gasteiger charge is -2.31. The van der Waals surface area contributed by atoms with Crippen LogP contribution in [0.3, 0.4) is 0 Å². The van der Waals surface area contributed by atoms with Gasteiger partial charge in [-0.15, -0.1) is 0 Å². The van der Waals surface area contributed by atoms with Crippen molar-refractivity contribution in [3.05, 3.63) is 28.0 Å². The van der Waals surface area contributed by atoms with Crippen LogP contribution in [0, 0.1) is 11.7 Å². The Morgan fingerprint density at radius 3 is 2.52 bits per heavy atom. The van der Waals surface area contributed by atoms with E-state index in [2.05, 4.69) is 5.32 Å². The van der Waals surface area contributed by atoms with Gasteiger partial charge in [0.25, 0.3) is 0 Å². The molecular weight excluding hydrogens is 320 g/mol. The van der Waals surface area contributed by atoms with E-state index in [1.165, 1.54) is 17.0 Å². The highest BCUT2D eigenvalue weighted by atomic mass is 35.5. The van der Waals surface area contributed by atoms with E-state index in [9.17, 15) is 14.0 Å². The summed E-state index contributed by atoms with van der Waals surface area (Å²) in [6, 6.07) is 2.14. The van der Waals surface area contributed by atoms with Crippen molar-refractivity contribution < 1.29 is 14.0 Å². The number of urea groups is 1. The molecule has 0 aromatic heterocycles. The summed E-state index contributed by atoms with van der Waals surface area (Å²) < 4.78 is 13.3. The minimum atomic E-state index is -0.733. The summed E-state index contributed by atoms with van der Waals surface area (Å²) in [7, 11) is 0. The molecule has 0 spiro atoms. The maximum Gasteiger partial charge on any atom is 0.321 e. The van der Waals surface area contributed by atoms with E-state index in [4.69, 9.17) is 28.9 Å². The summed E-state index contributed by atoms with van der Waals surface area (Å²) >= 11 is 11.3. The number of halogens is 3. The first-order chi connectivity index (χ1) is 9.88. The number of carbonyl (C=O) groups excluding carboxylic acids is 2. The number of likely N-dealkylation sites (tertiary alicyclic amines) is 1. The largest absolute Gasteiger partial charge is 0.369 e. The number of nitrogens with zero attached hydrogens (tertiary/aromatic N) is 1. The predicted octanol–water partition coefficient (Wildman–Crippen LogP) is 2.86. The molecule has 0 saturated carbocycles. The molecule has 8 heteroatoms. The van der Waals surface area contributed by atoms with Crippen molar-refractivity contribution in [3.63, 3.8) is 0 Å². The van der Waals surface area contributed by atoms with Crippen LogP contribution >= 0.6 is 23.2 Å². The summed E-state index contributed by atoms with van der Waals surface area (Å²) in [5, 5.41) is 2.23. The van der Waals surface area contributed by atoms with E-state index in [1.54, 1.807) is 0 Å². The van der Waals surface area contributed by atoms with Gasteiger partial charge in [0.2, 0.25) is 5.91 Å². The van der Waals surface area contributed by atoms with Crippen LogP contribution in [0.5, 0.6) is 0 Å². The molecule has 0 unspecified atom stereocenters. The number of nitrogens with one attached hydrogen (secondary N) is 1. The summed E-state index contributed by atoms with van der Waals surface area (Å²) in [5.41, 5.74) is 5.55. The fraction of sp³-hybridized carbons (Fsp3) is 0.385. The third kappa shape index (κ3) is 3.77. The molecule has 5 nitrogen and oxygen atoms in total. The number of hydrogen-bond acceptors (Lipinski definition) is 2. The van der Waals surface area contributed by atoms with E-state index in [0.717, 1.165) is 0 Å². The Balaban J connectivity index is 2.06. The van der Waals surface area contributed by atoms with Gasteiger partial charge in [0.1, 0.15) is 0 Å². The quantitative estimate of drug-likeness (QED) is 0.816. The Labute approximate surface area is 131 Å². The molecule has 1 atom stereocenters. The molecule has 3 amide bonds. The highest BCUT2D eigenvalue weighted by Crippen LogP contribution is 2.27. The Bertz CT molecular complexity index is 560. The van der Waals surface area contributed by atoms with E-state index >= 15 is 0 Å². The van der Waals surface area contributed by atoms with E-state index in [1.807, 2.05) is 0 Å². The van der Waals surface area contributed by atoms with Crippen LogP contribution in [0.15, 0.2) is 12.1 Å². The molecule has 1 aliphatic rings. The first-order valence-electron chi connectivity index (χ1n) is 6.38. The fourth-order valence-corrected chi connectivity index (χ4v) is 2.71. The molecule has 0 radical (unpaired) electrons. The number of anilines is 1. The van der Waals surface area contributed by atoms with Gasteiger partial charge < -0.3 is 16.0 Å². The first-order valence-corrected chi connectivity index (χ1v) is 7.14. The van der Waals surface area contributed by atoms with Gasteiger partial charge >= 0.3 is 6.03 Å². The van der Waals surface area contributed by atoms with Crippen molar-refractivity contribution in [3.8, 4) is 0 Å². The number of carbonyl (C=O) groups is 2. The average Bonchev–Trinajstić information content (AvgIpc) is 2.44. The third-order valence-electron chi connectivity index (χ3n) is 3.35. The minimum absolute atomic E-state index is 0.175. The second-order valence-electron chi connectivity index (χ2n) is 4.87. The zero-order chi connectivity index (χ0) is 15.6. The van der Waals surface area contributed by atoms with Crippen molar-refractivity contribution in [2.45, 2.75) is 12.8 Å². The van der Waals surface area contributed by atoms with Gasteiger partial charge in [-0.05, 0) is 25.0 Å². The second-order valence-corrected chi connectivity index (χ2v) is 5.69. The molecule has 1 aliphatic heterocycles. The maximum absolute atomic E-state index is 13.3. The predicted molar refractivity (Wildman–Crippen MR) is 78.9 cm³/mol. The number of benzene rings is 1. The van der Waals surface area contributed by atoms with E-state index < -0.39 is 17.8 Å². The van der Waals surface area contributed by atoms with Crippen molar-refractivity contribution in [2.24, 2.45) is 11.7 Å². The fourth-order valence-electron chi connectivity index (χ4n) is 2.22. The summed E-state index contributed by atoms with van der Waals surface area (Å²) in [6.07, 6.45) is 1.37. The molecule has 21 heavy (non-hydrogen) atoms. The van der Waals surface area contributed by atoms with E-state index in [-0.39, 0.29) is 28.2 Å². The zero-order valence-corrected chi connectivity index (χ0v) is 12.5. The van der Waals surface area contributed by atoms with Crippen molar-refractivity contribution >= 4 is 40.8 Å². The van der Waals surface area contributed by atoms with Crippen LogP contribution in [-0.2, 0) is 4.79 Å². The molecule has 1 heterocycles. The van der Waals surface area contributed by atoms with Gasteiger partial charge in [-0.3, -0.25) is 4.79 Å². The van der Waals surface area contributed by atoms with Gasteiger partial charge in [0.15, 0.2) is 5.82 Å². The van der Waals surface area contributed by atoms with Crippen LogP contribution in [-0.4, -0.2) is 29.9 Å². The third-order valence-corrected chi connectivity index (χ3v) is 3.90. The van der Waals surface area contributed by atoms with Crippen LogP contribution in [0.4, 0.5) is 14.9 Å². The lowest BCUT2D eigenvalue weighted by atomic mass is 9.98. The Kier molecular flexibility index (Phi) is 4.90. The average molecular weight is 334 g/mol. The normalized spacial score (nSPS) is 18.4. The van der Waals surface area contributed by atoms with E-state index in [0.29, 0.717) is 19.4 Å². The monoisotopic (exact) mass is 333 g/mol. The highest BCUT2D eigenvalue weighted by Gasteiger charge is 2.27. The van der Waals surface area contributed by atoms with Gasteiger partial charge in [0, 0.05) is 18.8 Å². The number of nitrogens with two attached hydrogens (primary N) is 1. The molecule has 2 rings (SSSR count). The lowest BCUT2D eigenvalue weighted by Crippen LogP contribution is -2.45. The lowest BCUT2D eigenvalue weighted by molar-refractivity contribution is -0.123. The zero-order valence-electron chi connectivity index (χ0n) is 11.0. The minimum Gasteiger partial charge on any atom is -0.369 e. The molecule has 1 fully saturated rings. The Morgan fingerprint density at radius 2 is 1.95 bits per heavy atom. The van der Waals surface area contributed by atoms with Crippen LogP contribution < -0.4 is 11.1 Å². The summed E-state index contributed by atoms with van der Waals surface area (Å²) in [5.74, 6) is -1.49.